The molecule has 1 atom stereocenters. The van der Waals surface area contributed by atoms with E-state index in [2.05, 4.69) is 45.5 Å². The molecule has 0 radical (unpaired) electrons. The summed E-state index contributed by atoms with van der Waals surface area (Å²) < 4.78 is 5.57. The van der Waals surface area contributed by atoms with Crippen molar-refractivity contribution in [1.29, 1.82) is 0 Å². The van der Waals surface area contributed by atoms with Gasteiger partial charge in [0.1, 0.15) is 5.75 Å². The lowest BCUT2D eigenvalue weighted by molar-refractivity contribution is -0.127. The Morgan fingerprint density at radius 2 is 1.76 bits per heavy atom. The molecule has 1 aromatic heterocycles. The van der Waals surface area contributed by atoms with Crippen LogP contribution in [0.2, 0.25) is 0 Å². The normalized spacial score (nSPS) is 15.7. The van der Waals surface area contributed by atoms with Crippen LogP contribution in [0.3, 0.4) is 0 Å². The van der Waals surface area contributed by atoms with Crippen molar-refractivity contribution in [3.63, 3.8) is 0 Å². The number of pyridine rings is 1. The highest BCUT2D eigenvalue weighted by atomic mass is 16.5. The molecule has 1 unspecified atom stereocenters. The van der Waals surface area contributed by atoms with Gasteiger partial charge in [-0.2, -0.15) is 0 Å². The molecule has 2 heterocycles. The Balaban J connectivity index is 1.34. The van der Waals surface area contributed by atoms with E-state index in [0.29, 0.717) is 0 Å². The van der Waals surface area contributed by atoms with E-state index in [-0.39, 0.29) is 17.9 Å². The Bertz CT molecular complexity index is 1000. The summed E-state index contributed by atoms with van der Waals surface area (Å²) in [7, 11) is 1.66. The van der Waals surface area contributed by atoms with Crippen molar-refractivity contribution in [3.8, 4) is 5.75 Å². The highest BCUT2D eigenvalue weighted by molar-refractivity contribution is 5.79. The molecule has 172 valence electrons. The summed E-state index contributed by atoms with van der Waals surface area (Å²) in [5.74, 6) is 0.874. The Morgan fingerprint density at radius 3 is 2.48 bits per heavy atom. The molecular weight excluding hydrogens is 410 g/mol. The van der Waals surface area contributed by atoms with Crippen LogP contribution >= 0.6 is 0 Å². The largest absolute Gasteiger partial charge is 0.496 e. The number of hydrogen-bond acceptors (Lipinski definition) is 4. The molecule has 0 saturated carbocycles. The maximum Gasteiger partial charge on any atom is 0.224 e. The van der Waals surface area contributed by atoms with Crippen molar-refractivity contribution in [2.45, 2.75) is 31.7 Å². The summed E-state index contributed by atoms with van der Waals surface area (Å²) in [4.78, 5) is 20.3. The van der Waals surface area contributed by atoms with Crippen LogP contribution in [0.25, 0.3) is 0 Å². The summed E-state index contributed by atoms with van der Waals surface area (Å²) in [5.41, 5.74) is 3.13. The minimum atomic E-state index is -0.334. The van der Waals surface area contributed by atoms with Crippen molar-refractivity contribution < 1.29 is 9.53 Å². The molecule has 1 N–H and O–H groups in total. The van der Waals surface area contributed by atoms with E-state index in [9.17, 15) is 4.79 Å². The number of aromatic nitrogens is 1. The summed E-state index contributed by atoms with van der Waals surface area (Å²) in [6.45, 7) is 3.02. The maximum absolute atomic E-state index is 13.3. The summed E-state index contributed by atoms with van der Waals surface area (Å²) in [6.07, 6.45) is 5.79. The zero-order chi connectivity index (χ0) is 22.9. The first-order valence-corrected chi connectivity index (χ1v) is 11.8. The molecule has 1 amide bonds. The van der Waals surface area contributed by atoms with E-state index in [1.54, 1.807) is 13.3 Å². The highest BCUT2D eigenvalue weighted by Crippen LogP contribution is 2.30. The first kappa shape index (κ1) is 23.0. The molecule has 0 spiro atoms. The van der Waals surface area contributed by atoms with Gasteiger partial charge in [0.25, 0.3) is 0 Å². The fraction of sp³-hybridized carbons (Fsp3) is 0.357. The fourth-order valence-electron chi connectivity index (χ4n) is 4.59. The molecule has 5 nitrogen and oxygen atoms in total. The van der Waals surface area contributed by atoms with E-state index in [1.807, 2.05) is 42.5 Å². The monoisotopic (exact) mass is 443 g/mol. The topological polar surface area (TPSA) is 54.5 Å². The number of benzene rings is 2. The van der Waals surface area contributed by atoms with Gasteiger partial charge >= 0.3 is 0 Å². The Morgan fingerprint density at radius 1 is 1.03 bits per heavy atom. The molecule has 33 heavy (non-hydrogen) atoms. The van der Waals surface area contributed by atoms with Crippen LogP contribution in [-0.4, -0.2) is 42.5 Å². The van der Waals surface area contributed by atoms with Gasteiger partial charge in [-0.25, -0.2) is 0 Å². The number of carbonyl (C=O) groups excluding carboxylic acids is 1. The van der Waals surface area contributed by atoms with Gasteiger partial charge in [-0.3, -0.25) is 9.78 Å². The van der Waals surface area contributed by atoms with Crippen molar-refractivity contribution in [2.75, 3.05) is 26.7 Å². The van der Waals surface area contributed by atoms with Gasteiger partial charge in [0.2, 0.25) is 5.91 Å². The second kappa shape index (κ2) is 11.6. The molecule has 1 aliphatic rings. The standard InChI is InChI=1S/C28H33N3O2/c1-33-26-15-6-5-13-24(26)27(25-14-7-8-18-29-25)30-28(32)23-16-20-31(21-17-23)19-9-12-22-10-3-2-4-11-22/h2-8,10-11,13-15,18,23,27H,9,12,16-17,19-21H2,1H3,(H,30,32). The average molecular weight is 444 g/mol. The van der Waals surface area contributed by atoms with Gasteiger partial charge in [-0.15, -0.1) is 0 Å². The number of para-hydroxylation sites is 1. The number of aryl methyl sites for hydroxylation is 1. The van der Waals surface area contributed by atoms with Gasteiger partial charge in [-0.05, 0) is 69.1 Å². The number of nitrogens with one attached hydrogen (secondary N) is 1. The zero-order valence-electron chi connectivity index (χ0n) is 19.3. The molecule has 3 aromatic rings. The van der Waals surface area contributed by atoms with Crippen molar-refractivity contribution >= 4 is 5.91 Å². The molecular formula is C28H33N3O2. The predicted molar refractivity (Wildman–Crippen MR) is 131 cm³/mol. The molecule has 1 fully saturated rings. The fourth-order valence-corrected chi connectivity index (χ4v) is 4.59. The zero-order valence-corrected chi connectivity index (χ0v) is 19.3. The van der Waals surface area contributed by atoms with Crippen LogP contribution in [0.1, 0.15) is 42.1 Å². The lowest BCUT2D eigenvalue weighted by Crippen LogP contribution is -2.42. The molecule has 2 aromatic carbocycles. The Labute approximate surface area is 196 Å². The highest BCUT2D eigenvalue weighted by Gasteiger charge is 2.28. The maximum atomic E-state index is 13.3. The van der Waals surface area contributed by atoms with Gasteiger partial charge in [0.05, 0.1) is 18.8 Å². The number of amides is 1. The predicted octanol–water partition coefficient (Wildman–Crippen LogP) is 4.64. The van der Waals surface area contributed by atoms with Gasteiger partial charge in [-0.1, -0.05) is 54.6 Å². The Kier molecular flexibility index (Phi) is 8.09. The lowest BCUT2D eigenvalue weighted by Gasteiger charge is -2.32. The third-order valence-corrected chi connectivity index (χ3v) is 6.46. The third-order valence-electron chi connectivity index (χ3n) is 6.46. The van der Waals surface area contributed by atoms with Crippen LogP contribution in [0, 0.1) is 5.92 Å². The van der Waals surface area contributed by atoms with E-state index < -0.39 is 0 Å². The van der Waals surface area contributed by atoms with Gasteiger partial charge in [0.15, 0.2) is 0 Å². The second-order valence-corrected chi connectivity index (χ2v) is 8.64. The molecule has 0 aliphatic carbocycles. The number of rotatable bonds is 9. The smallest absolute Gasteiger partial charge is 0.224 e. The van der Waals surface area contributed by atoms with Crippen molar-refractivity contribution in [3.05, 3.63) is 95.8 Å². The molecule has 1 saturated heterocycles. The minimum absolute atomic E-state index is 0.0243. The van der Waals surface area contributed by atoms with E-state index in [4.69, 9.17) is 4.74 Å². The van der Waals surface area contributed by atoms with Crippen LogP contribution < -0.4 is 10.1 Å². The SMILES string of the molecule is COc1ccccc1C(NC(=O)C1CCN(CCCc2ccccc2)CC1)c1ccccn1. The van der Waals surface area contributed by atoms with E-state index in [0.717, 1.165) is 62.3 Å². The molecule has 1 aliphatic heterocycles. The second-order valence-electron chi connectivity index (χ2n) is 8.64. The molecule has 5 heteroatoms. The number of ether oxygens (including phenoxy) is 1. The Hall–Kier alpha value is -3.18. The summed E-state index contributed by atoms with van der Waals surface area (Å²) in [5, 5.41) is 3.27. The number of nitrogens with zero attached hydrogens (tertiary/aromatic N) is 2. The number of carbonyl (C=O) groups is 1. The number of piperidine rings is 1. The van der Waals surface area contributed by atoms with Crippen LogP contribution in [0.4, 0.5) is 0 Å². The van der Waals surface area contributed by atoms with E-state index in [1.165, 1.54) is 5.56 Å². The number of likely N-dealkylation sites (tertiary alicyclic amines) is 1. The van der Waals surface area contributed by atoms with Gasteiger partial charge in [0, 0.05) is 17.7 Å². The van der Waals surface area contributed by atoms with Crippen molar-refractivity contribution in [2.24, 2.45) is 5.92 Å². The summed E-state index contributed by atoms with van der Waals surface area (Å²) >= 11 is 0. The van der Waals surface area contributed by atoms with Gasteiger partial charge < -0.3 is 15.0 Å². The van der Waals surface area contributed by atoms with Crippen LogP contribution in [-0.2, 0) is 11.2 Å². The van der Waals surface area contributed by atoms with Crippen LogP contribution in [0.15, 0.2) is 79.0 Å². The number of hydrogen-bond donors (Lipinski definition) is 1. The minimum Gasteiger partial charge on any atom is -0.496 e. The first-order chi connectivity index (χ1) is 16.2. The first-order valence-electron chi connectivity index (χ1n) is 11.8. The third kappa shape index (κ3) is 6.20. The molecule has 4 rings (SSSR count). The summed E-state index contributed by atoms with van der Waals surface area (Å²) in [6, 6.07) is 23.9. The van der Waals surface area contributed by atoms with Crippen molar-refractivity contribution in [1.82, 2.24) is 15.2 Å². The average Bonchev–Trinajstić information content (AvgIpc) is 2.88. The molecule has 0 bridgehead atoms. The van der Waals surface area contributed by atoms with E-state index >= 15 is 0 Å². The van der Waals surface area contributed by atoms with Crippen LogP contribution in [0.5, 0.6) is 5.75 Å². The number of methoxy groups -OCH3 is 1. The lowest BCUT2D eigenvalue weighted by atomic mass is 9.94. The quantitative estimate of drug-likeness (QED) is 0.523.